The van der Waals surface area contributed by atoms with Gasteiger partial charge in [-0.15, -0.1) is 0 Å². The smallest absolute Gasteiger partial charge is 0.228 e. The predicted octanol–water partition coefficient (Wildman–Crippen LogP) is 3.81. The molecule has 0 aromatic heterocycles. The van der Waals surface area contributed by atoms with Gasteiger partial charge in [-0.1, -0.05) is 22.0 Å². The molecular formula is C19H18BrNO3. The average Bonchev–Trinajstić information content (AvgIpc) is 3.19. The Kier molecular flexibility index (Phi) is 3.96. The van der Waals surface area contributed by atoms with Crippen molar-refractivity contribution in [1.82, 2.24) is 0 Å². The van der Waals surface area contributed by atoms with Crippen LogP contribution in [0.25, 0.3) is 0 Å². The van der Waals surface area contributed by atoms with Crippen LogP contribution in [0.2, 0.25) is 0 Å². The highest BCUT2D eigenvalue weighted by Gasteiger charge is 2.27. The summed E-state index contributed by atoms with van der Waals surface area (Å²) in [5.74, 6) is 1.77. The van der Waals surface area contributed by atoms with E-state index in [4.69, 9.17) is 9.47 Å². The van der Waals surface area contributed by atoms with Crippen LogP contribution in [0, 0.1) is 6.92 Å². The number of rotatable bonds is 3. The summed E-state index contributed by atoms with van der Waals surface area (Å²) in [5, 5.41) is 2.98. The summed E-state index contributed by atoms with van der Waals surface area (Å²) < 4.78 is 12.5. The Hall–Kier alpha value is -2.01. The molecule has 2 aromatic rings. The maximum atomic E-state index is 12.6. The van der Waals surface area contributed by atoms with Crippen LogP contribution in [0.5, 0.6) is 11.5 Å². The average molecular weight is 388 g/mol. The number of amides is 1. The Morgan fingerprint density at radius 2 is 2.04 bits per heavy atom. The summed E-state index contributed by atoms with van der Waals surface area (Å²) in [7, 11) is 0. The summed E-state index contributed by atoms with van der Waals surface area (Å²) in [5.41, 5.74) is 5.18. The SMILES string of the molecule is Cc1ccc(NC(=O)Cc2c3c(cc4c2OCC4)OCC3)cc1Br. The van der Waals surface area contributed by atoms with E-state index in [1.165, 1.54) is 0 Å². The molecule has 2 aromatic carbocycles. The van der Waals surface area contributed by atoms with Crippen LogP contribution < -0.4 is 14.8 Å². The number of ether oxygens (including phenoxy) is 2. The van der Waals surface area contributed by atoms with Crippen molar-refractivity contribution in [2.75, 3.05) is 18.5 Å². The lowest BCUT2D eigenvalue weighted by atomic mass is 9.97. The second-order valence-electron chi connectivity index (χ2n) is 6.21. The van der Waals surface area contributed by atoms with Gasteiger partial charge in [0.15, 0.2) is 0 Å². The Balaban J connectivity index is 1.59. The molecule has 2 aliphatic heterocycles. The molecule has 124 valence electrons. The molecule has 24 heavy (non-hydrogen) atoms. The lowest BCUT2D eigenvalue weighted by Gasteiger charge is -2.13. The van der Waals surface area contributed by atoms with Gasteiger partial charge in [0.1, 0.15) is 11.5 Å². The van der Waals surface area contributed by atoms with Crippen molar-refractivity contribution < 1.29 is 14.3 Å². The first kappa shape index (κ1) is 15.5. The van der Waals surface area contributed by atoms with Crippen LogP contribution in [0.3, 0.4) is 0 Å². The number of hydrogen-bond acceptors (Lipinski definition) is 3. The zero-order chi connectivity index (χ0) is 16.7. The molecule has 5 heteroatoms. The summed E-state index contributed by atoms with van der Waals surface area (Å²) in [4.78, 5) is 12.6. The molecule has 0 saturated heterocycles. The van der Waals surface area contributed by atoms with Gasteiger partial charge in [-0.2, -0.15) is 0 Å². The van der Waals surface area contributed by atoms with Gasteiger partial charge in [-0.25, -0.2) is 0 Å². The van der Waals surface area contributed by atoms with Gasteiger partial charge in [-0.3, -0.25) is 4.79 Å². The first-order chi connectivity index (χ1) is 11.6. The number of nitrogens with one attached hydrogen (secondary N) is 1. The second-order valence-corrected chi connectivity index (χ2v) is 7.06. The van der Waals surface area contributed by atoms with Gasteiger partial charge < -0.3 is 14.8 Å². The van der Waals surface area contributed by atoms with E-state index in [1.54, 1.807) is 0 Å². The van der Waals surface area contributed by atoms with Gasteiger partial charge in [-0.05, 0) is 30.7 Å². The van der Waals surface area contributed by atoms with Crippen LogP contribution in [-0.4, -0.2) is 19.1 Å². The van der Waals surface area contributed by atoms with E-state index in [0.717, 1.165) is 56.8 Å². The first-order valence-corrected chi connectivity index (χ1v) is 8.90. The van der Waals surface area contributed by atoms with E-state index in [2.05, 4.69) is 27.3 Å². The minimum absolute atomic E-state index is 0.0382. The standard InChI is InChI=1S/C19H18BrNO3/c1-11-2-3-13(9-16(11)20)21-18(22)10-15-14-5-7-23-17(14)8-12-4-6-24-19(12)15/h2-3,8-9H,4-7,10H2,1H3,(H,21,22). The Morgan fingerprint density at radius 1 is 1.21 bits per heavy atom. The molecule has 0 spiro atoms. The number of fused-ring (bicyclic) bond motifs is 2. The highest BCUT2D eigenvalue weighted by molar-refractivity contribution is 9.10. The zero-order valence-electron chi connectivity index (χ0n) is 13.4. The minimum atomic E-state index is -0.0382. The van der Waals surface area contributed by atoms with Crippen LogP contribution >= 0.6 is 15.9 Å². The van der Waals surface area contributed by atoms with Crippen LogP contribution in [0.1, 0.15) is 22.3 Å². The van der Waals surface area contributed by atoms with Crippen molar-refractivity contribution in [2.45, 2.75) is 26.2 Å². The predicted molar refractivity (Wildman–Crippen MR) is 96.1 cm³/mol. The summed E-state index contributed by atoms with van der Waals surface area (Å²) in [6.45, 7) is 3.37. The number of benzene rings is 2. The number of halogens is 1. The second kappa shape index (κ2) is 6.13. The molecule has 4 nitrogen and oxygen atoms in total. The van der Waals surface area contributed by atoms with Crippen molar-refractivity contribution in [3.05, 3.63) is 51.0 Å². The number of aryl methyl sites for hydroxylation is 1. The van der Waals surface area contributed by atoms with E-state index in [-0.39, 0.29) is 5.91 Å². The summed E-state index contributed by atoms with van der Waals surface area (Å²) >= 11 is 3.50. The lowest BCUT2D eigenvalue weighted by molar-refractivity contribution is -0.115. The summed E-state index contributed by atoms with van der Waals surface area (Å²) in [6, 6.07) is 7.89. The molecule has 0 unspecified atom stereocenters. The topological polar surface area (TPSA) is 47.6 Å². The van der Waals surface area contributed by atoms with E-state index >= 15 is 0 Å². The Bertz CT molecular complexity index is 800. The maximum Gasteiger partial charge on any atom is 0.228 e. The monoisotopic (exact) mass is 387 g/mol. The van der Waals surface area contributed by atoms with Gasteiger partial charge in [0.05, 0.1) is 19.6 Å². The molecule has 0 bridgehead atoms. The number of anilines is 1. The highest BCUT2D eigenvalue weighted by atomic mass is 79.9. The molecule has 0 radical (unpaired) electrons. The number of carbonyl (C=O) groups is 1. The van der Waals surface area contributed by atoms with E-state index < -0.39 is 0 Å². The van der Waals surface area contributed by atoms with Crippen molar-refractivity contribution in [3.63, 3.8) is 0 Å². The third kappa shape index (κ3) is 2.77. The molecule has 2 heterocycles. The molecular weight excluding hydrogens is 370 g/mol. The third-order valence-electron chi connectivity index (χ3n) is 4.55. The van der Waals surface area contributed by atoms with Crippen molar-refractivity contribution in [2.24, 2.45) is 0 Å². The highest BCUT2D eigenvalue weighted by Crippen LogP contribution is 2.40. The van der Waals surface area contributed by atoms with Crippen molar-refractivity contribution >= 4 is 27.5 Å². The molecule has 2 aliphatic rings. The van der Waals surface area contributed by atoms with Gasteiger partial charge in [0.2, 0.25) is 5.91 Å². The van der Waals surface area contributed by atoms with Gasteiger partial charge in [0, 0.05) is 39.7 Å². The number of carbonyl (C=O) groups excluding carboxylic acids is 1. The van der Waals surface area contributed by atoms with Gasteiger partial charge in [0.25, 0.3) is 0 Å². The molecule has 0 fully saturated rings. The largest absolute Gasteiger partial charge is 0.493 e. The minimum Gasteiger partial charge on any atom is -0.493 e. The molecule has 1 N–H and O–H groups in total. The number of hydrogen-bond donors (Lipinski definition) is 1. The fourth-order valence-electron chi connectivity index (χ4n) is 3.31. The van der Waals surface area contributed by atoms with Crippen molar-refractivity contribution in [3.8, 4) is 11.5 Å². The quantitative estimate of drug-likeness (QED) is 0.870. The van der Waals surface area contributed by atoms with E-state index in [0.29, 0.717) is 19.6 Å². The van der Waals surface area contributed by atoms with Crippen LogP contribution in [-0.2, 0) is 24.1 Å². The van der Waals surface area contributed by atoms with E-state index in [9.17, 15) is 4.79 Å². The van der Waals surface area contributed by atoms with Crippen molar-refractivity contribution in [1.29, 1.82) is 0 Å². The van der Waals surface area contributed by atoms with Crippen LogP contribution in [0.15, 0.2) is 28.7 Å². The first-order valence-electron chi connectivity index (χ1n) is 8.11. The molecule has 0 atom stereocenters. The maximum absolute atomic E-state index is 12.6. The molecule has 4 rings (SSSR count). The fourth-order valence-corrected chi connectivity index (χ4v) is 3.69. The third-order valence-corrected chi connectivity index (χ3v) is 5.41. The van der Waals surface area contributed by atoms with Gasteiger partial charge >= 0.3 is 0 Å². The molecule has 0 saturated carbocycles. The Morgan fingerprint density at radius 3 is 2.88 bits per heavy atom. The summed E-state index contributed by atoms with van der Waals surface area (Å²) in [6.07, 6.45) is 2.02. The van der Waals surface area contributed by atoms with E-state index in [1.807, 2.05) is 25.1 Å². The Labute approximate surface area is 149 Å². The van der Waals surface area contributed by atoms with Crippen LogP contribution in [0.4, 0.5) is 5.69 Å². The lowest BCUT2D eigenvalue weighted by Crippen LogP contribution is -2.16. The zero-order valence-corrected chi connectivity index (χ0v) is 15.0. The fraction of sp³-hybridized carbons (Fsp3) is 0.316. The normalized spacial score (nSPS) is 14.6. The molecule has 1 amide bonds. The molecule has 0 aliphatic carbocycles.